The molecule has 1 aliphatic heterocycles. The van der Waals surface area contributed by atoms with E-state index in [1.807, 2.05) is 0 Å². The van der Waals surface area contributed by atoms with Crippen molar-refractivity contribution in [2.75, 3.05) is 17.2 Å². The third-order valence-electron chi connectivity index (χ3n) is 3.63. The second-order valence-electron chi connectivity index (χ2n) is 5.23. The summed E-state index contributed by atoms with van der Waals surface area (Å²) in [6.07, 6.45) is 0. The maximum Gasteiger partial charge on any atom is 0.0770 e. The van der Waals surface area contributed by atoms with Crippen LogP contribution < -0.4 is 10.6 Å². The van der Waals surface area contributed by atoms with Gasteiger partial charge in [-0.25, -0.2) is 0 Å². The Morgan fingerprint density at radius 2 is 1.78 bits per heavy atom. The first kappa shape index (κ1) is 11.1. The molecule has 18 heavy (non-hydrogen) atoms. The molecule has 2 N–H and O–H groups in total. The summed E-state index contributed by atoms with van der Waals surface area (Å²) in [6, 6.07) is 17.1. The number of nitrogens with one attached hydrogen (secondary N) is 2. The summed E-state index contributed by atoms with van der Waals surface area (Å²) >= 11 is 0. The fraction of sp³-hybridized carbons (Fsp3) is 0.250. The summed E-state index contributed by atoms with van der Waals surface area (Å²) in [7, 11) is 0. The van der Waals surface area contributed by atoms with Crippen LogP contribution >= 0.6 is 0 Å². The van der Waals surface area contributed by atoms with E-state index in [-0.39, 0.29) is 5.54 Å². The quantitative estimate of drug-likeness (QED) is 0.790. The number of fused-ring (bicyclic) bond motifs is 1. The van der Waals surface area contributed by atoms with E-state index in [0.717, 1.165) is 6.54 Å². The highest BCUT2D eigenvalue weighted by Gasteiger charge is 2.30. The number of hydrogen-bond acceptors (Lipinski definition) is 2. The summed E-state index contributed by atoms with van der Waals surface area (Å²) in [4.78, 5) is 0. The van der Waals surface area contributed by atoms with Crippen molar-refractivity contribution < 1.29 is 0 Å². The van der Waals surface area contributed by atoms with E-state index in [1.165, 1.54) is 22.5 Å². The fourth-order valence-corrected chi connectivity index (χ4v) is 2.51. The van der Waals surface area contributed by atoms with Crippen LogP contribution in [0.2, 0.25) is 0 Å². The number of rotatable bonds is 1. The highest BCUT2D eigenvalue weighted by molar-refractivity contribution is 5.73. The van der Waals surface area contributed by atoms with Crippen molar-refractivity contribution in [1.29, 1.82) is 0 Å². The lowest BCUT2D eigenvalue weighted by Gasteiger charge is -2.38. The molecule has 0 aromatic heterocycles. The number of anilines is 2. The zero-order valence-electron chi connectivity index (χ0n) is 10.8. The molecular formula is C16H18N2. The Morgan fingerprint density at radius 3 is 2.56 bits per heavy atom. The second-order valence-corrected chi connectivity index (χ2v) is 5.23. The molecule has 1 aliphatic rings. The zero-order valence-corrected chi connectivity index (χ0v) is 10.8. The highest BCUT2D eigenvalue weighted by Crippen LogP contribution is 2.35. The van der Waals surface area contributed by atoms with E-state index < -0.39 is 0 Å². The Kier molecular flexibility index (Phi) is 2.51. The number of aryl methyl sites for hydroxylation is 1. The van der Waals surface area contributed by atoms with Crippen LogP contribution in [-0.2, 0) is 5.54 Å². The minimum Gasteiger partial charge on any atom is -0.381 e. The predicted octanol–water partition coefficient (Wildman–Crippen LogP) is 3.75. The first-order valence-corrected chi connectivity index (χ1v) is 6.36. The lowest BCUT2D eigenvalue weighted by Crippen LogP contribution is -2.42. The van der Waals surface area contributed by atoms with E-state index in [9.17, 15) is 0 Å². The lowest BCUT2D eigenvalue weighted by molar-refractivity contribution is 0.565. The van der Waals surface area contributed by atoms with Crippen LogP contribution in [0.1, 0.15) is 18.1 Å². The van der Waals surface area contributed by atoms with Crippen molar-refractivity contribution in [3.05, 3.63) is 59.7 Å². The van der Waals surface area contributed by atoms with Gasteiger partial charge in [0.05, 0.1) is 16.9 Å². The van der Waals surface area contributed by atoms with Crippen molar-refractivity contribution in [3.8, 4) is 0 Å². The van der Waals surface area contributed by atoms with Crippen LogP contribution in [0.4, 0.5) is 11.4 Å². The predicted molar refractivity (Wildman–Crippen MR) is 77.1 cm³/mol. The van der Waals surface area contributed by atoms with Crippen molar-refractivity contribution in [3.63, 3.8) is 0 Å². The first-order chi connectivity index (χ1) is 8.67. The molecule has 2 heteroatoms. The van der Waals surface area contributed by atoms with Crippen LogP contribution in [0.25, 0.3) is 0 Å². The smallest absolute Gasteiger partial charge is 0.0770 e. The molecule has 0 fully saturated rings. The van der Waals surface area contributed by atoms with Crippen LogP contribution in [0.15, 0.2) is 48.5 Å². The summed E-state index contributed by atoms with van der Waals surface area (Å²) < 4.78 is 0. The van der Waals surface area contributed by atoms with Gasteiger partial charge in [-0.15, -0.1) is 0 Å². The molecule has 92 valence electrons. The molecule has 0 radical (unpaired) electrons. The van der Waals surface area contributed by atoms with Gasteiger partial charge in [-0.2, -0.15) is 0 Å². The fourth-order valence-electron chi connectivity index (χ4n) is 2.51. The van der Waals surface area contributed by atoms with Gasteiger partial charge in [-0.05, 0) is 37.1 Å². The third kappa shape index (κ3) is 1.84. The van der Waals surface area contributed by atoms with Crippen LogP contribution in [0, 0.1) is 6.92 Å². The maximum atomic E-state index is 3.67. The van der Waals surface area contributed by atoms with Gasteiger partial charge >= 0.3 is 0 Å². The van der Waals surface area contributed by atoms with Gasteiger partial charge in [0.2, 0.25) is 0 Å². The van der Waals surface area contributed by atoms with E-state index in [0.29, 0.717) is 0 Å². The Bertz CT molecular complexity index is 563. The molecule has 0 aliphatic carbocycles. The Morgan fingerprint density at radius 1 is 1.00 bits per heavy atom. The van der Waals surface area contributed by atoms with E-state index in [2.05, 4.69) is 73.0 Å². The molecule has 0 amide bonds. The largest absolute Gasteiger partial charge is 0.381 e. The van der Waals surface area contributed by atoms with Crippen molar-refractivity contribution in [2.24, 2.45) is 0 Å². The minimum atomic E-state index is -0.0535. The van der Waals surface area contributed by atoms with Crippen molar-refractivity contribution in [2.45, 2.75) is 19.4 Å². The summed E-state index contributed by atoms with van der Waals surface area (Å²) in [5.74, 6) is 0. The summed E-state index contributed by atoms with van der Waals surface area (Å²) in [5, 5.41) is 7.18. The molecule has 1 atom stereocenters. The van der Waals surface area contributed by atoms with Crippen LogP contribution in [0.5, 0.6) is 0 Å². The molecule has 0 saturated carbocycles. The monoisotopic (exact) mass is 238 g/mol. The van der Waals surface area contributed by atoms with E-state index in [1.54, 1.807) is 0 Å². The maximum absolute atomic E-state index is 3.67. The molecule has 3 rings (SSSR count). The average Bonchev–Trinajstić information content (AvgIpc) is 2.39. The van der Waals surface area contributed by atoms with Gasteiger partial charge in [0, 0.05) is 6.54 Å². The summed E-state index contributed by atoms with van der Waals surface area (Å²) in [6.45, 7) is 5.25. The minimum absolute atomic E-state index is 0.0535. The Hall–Kier alpha value is -1.96. The number of hydrogen-bond donors (Lipinski definition) is 2. The number of benzene rings is 2. The zero-order chi connectivity index (χ0) is 12.6. The molecular weight excluding hydrogens is 220 g/mol. The molecule has 1 unspecified atom stereocenters. The molecule has 2 nitrogen and oxygen atoms in total. The Labute approximate surface area is 108 Å². The molecule has 1 heterocycles. The second kappa shape index (κ2) is 4.05. The van der Waals surface area contributed by atoms with E-state index in [4.69, 9.17) is 0 Å². The SMILES string of the molecule is Cc1ccc2c(c1)NC(C)(c1ccccc1)CN2. The lowest BCUT2D eigenvalue weighted by atomic mass is 9.89. The standard InChI is InChI=1S/C16H18N2/c1-12-8-9-14-15(10-12)18-16(2,11-17-14)13-6-4-3-5-7-13/h3-10,17-18H,11H2,1-2H3. The average molecular weight is 238 g/mol. The molecule has 0 bridgehead atoms. The van der Waals surface area contributed by atoms with Gasteiger partial charge in [-0.1, -0.05) is 36.4 Å². The third-order valence-corrected chi connectivity index (χ3v) is 3.63. The normalized spacial score (nSPS) is 21.7. The molecule has 0 saturated heterocycles. The van der Waals surface area contributed by atoms with Crippen LogP contribution in [0.3, 0.4) is 0 Å². The molecule has 2 aromatic carbocycles. The van der Waals surface area contributed by atoms with Gasteiger partial charge in [0.15, 0.2) is 0 Å². The topological polar surface area (TPSA) is 24.1 Å². The van der Waals surface area contributed by atoms with Gasteiger partial charge in [-0.3, -0.25) is 0 Å². The van der Waals surface area contributed by atoms with Crippen molar-refractivity contribution in [1.82, 2.24) is 0 Å². The highest BCUT2D eigenvalue weighted by atomic mass is 15.1. The van der Waals surface area contributed by atoms with Gasteiger partial charge in [0.25, 0.3) is 0 Å². The molecule has 0 spiro atoms. The van der Waals surface area contributed by atoms with Gasteiger partial charge < -0.3 is 10.6 Å². The summed E-state index contributed by atoms with van der Waals surface area (Å²) in [5.41, 5.74) is 4.91. The van der Waals surface area contributed by atoms with Crippen molar-refractivity contribution >= 4 is 11.4 Å². The first-order valence-electron chi connectivity index (χ1n) is 6.36. The van der Waals surface area contributed by atoms with E-state index >= 15 is 0 Å². The van der Waals surface area contributed by atoms with Gasteiger partial charge in [0.1, 0.15) is 0 Å². The van der Waals surface area contributed by atoms with Crippen LogP contribution in [-0.4, -0.2) is 6.54 Å². The molecule has 2 aromatic rings. The Balaban J connectivity index is 1.99.